The molecule has 0 unspecified atom stereocenters. The summed E-state index contributed by atoms with van der Waals surface area (Å²) < 4.78 is 0.654. The number of anilines is 1. The summed E-state index contributed by atoms with van der Waals surface area (Å²) in [5, 5.41) is 35.5. The van der Waals surface area contributed by atoms with Crippen LogP contribution < -0.4 is 10.6 Å². The number of aromatic hydroxyl groups is 2. The highest BCUT2D eigenvalue weighted by Crippen LogP contribution is 2.29. The van der Waals surface area contributed by atoms with Gasteiger partial charge in [0.2, 0.25) is 5.91 Å². The van der Waals surface area contributed by atoms with Crippen LogP contribution in [0.15, 0.2) is 36.4 Å². The van der Waals surface area contributed by atoms with E-state index in [2.05, 4.69) is 15.6 Å². The second-order valence-electron chi connectivity index (χ2n) is 5.38. The third-order valence-electron chi connectivity index (χ3n) is 3.51. The van der Waals surface area contributed by atoms with Crippen molar-refractivity contribution >= 4 is 38.3 Å². The van der Waals surface area contributed by atoms with Gasteiger partial charge in [0.15, 0.2) is 16.6 Å². The van der Waals surface area contributed by atoms with Gasteiger partial charge in [0.1, 0.15) is 0 Å². The summed E-state index contributed by atoms with van der Waals surface area (Å²) in [6.45, 7) is 0.173. The topological polar surface area (TPSA) is 138 Å². The molecule has 134 valence electrons. The molecule has 1 amide bonds. The van der Waals surface area contributed by atoms with Gasteiger partial charge in [-0.05, 0) is 23.8 Å². The molecule has 10 heteroatoms. The monoisotopic (exact) mass is 374 g/mol. The second-order valence-corrected chi connectivity index (χ2v) is 6.41. The molecule has 2 aromatic carbocycles. The van der Waals surface area contributed by atoms with Crippen LogP contribution in [0, 0.1) is 10.1 Å². The third kappa shape index (κ3) is 3.98. The highest BCUT2D eigenvalue weighted by atomic mass is 32.1. The zero-order valence-corrected chi connectivity index (χ0v) is 14.1. The number of carbonyl (C=O) groups is 1. The maximum absolute atomic E-state index is 11.9. The van der Waals surface area contributed by atoms with Crippen LogP contribution in [0.25, 0.3) is 10.2 Å². The summed E-state index contributed by atoms with van der Waals surface area (Å²) in [4.78, 5) is 26.5. The van der Waals surface area contributed by atoms with E-state index < -0.39 is 4.92 Å². The maximum atomic E-state index is 11.9. The third-order valence-corrected chi connectivity index (χ3v) is 4.49. The predicted molar refractivity (Wildman–Crippen MR) is 96.4 cm³/mol. The Bertz CT molecular complexity index is 988. The van der Waals surface area contributed by atoms with Crippen LogP contribution in [0.3, 0.4) is 0 Å². The fourth-order valence-corrected chi connectivity index (χ4v) is 3.10. The van der Waals surface area contributed by atoms with Crippen molar-refractivity contribution in [2.75, 3.05) is 11.9 Å². The Hall–Kier alpha value is -3.40. The molecular formula is C16H14N4O5S. The van der Waals surface area contributed by atoms with Crippen molar-refractivity contribution in [2.45, 2.75) is 6.54 Å². The number of thiazole rings is 1. The van der Waals surface area contributed by atoms with Gasteiger partial charge >= 0.3 is 0 Å². The van der Waals surface area contributed by atoms with Gasteiger partial charge in [0.25, 0.3) is 5.69 Å². The number of benzene rings is 2. The van der Waals surface area contributed by atoms with Crippen LogP contribution in [-0.2, 0) is 11.3 Å². The van der Waals surface area contributed by atoms with Gasteiger partial charge in [-0.1, -0.05) is 17.4 Å². The Balaban J connectivity index is 1.56. The molecule has 1 heterocycles. The SMILES string of the molecule is O=C(CNc1nc2ccc([N+](=O)[O-])cc2s1)NCc1ccc(O)c(O)c1. The van der Waals surface area contributed by atoms with Crippen molar-refractivity contribution in [1.29, 1.82) is 0 Å². The Labute approximate surface area is 151 Å². The number of nitrogens with one attached hydrogen (secondary N) is 2. The number of rotatable bonds is 6. The highest BCUT2D eigenvalue weighted by Gasteiger charge is 2.11. The molecule has 0 fully saturated rings. The van der Waals surface area contributed by atoms with Gasteiger partial charge < -0.3 is 20.8 Å². The van der Waals surface area contributed by atoms with Gasteiger partial charge in [-0.3, -0.25) is 14.9 Å². The number of nitro groups is 1. The standard InChI is InChI=1S/C16H14N4O5S/c21-12-4-1-9(5-13(12)22)7-17-15(23)8-18-16-19-11-3-2-10(20(24)25)6-14(11)26-16/h1-6,21-22H,7-8H2,(H,17,23)(H,18,19). The molecule has 9 nitrogen and oxygen atoms in total. The lowest BCUT2D eigenvalue weighted by molar-refractivity contribution is -0.384. The first-order chi connectivity index (χ1) is 12.4. The highest BCUT2D eigenvalue weighted by molar-refractivity contribution is 7.22. The zero-order valence-electron chi connectivity index (χ0n) is 13.3. The van der Waals surface area contributed by atoms with Crippen LogP contribution in [-0.4, -0.2) is 32.6 Å². The van der Waals surface area contributed by atoms with Crippen molar-refractivity contribution in [3.05, 3.63) is 52.1 Å². The van der Waals surface area contributed by atoms with E-state index in [-0.39, 0.29) is 36.2 Å². The van der Waals surface area contributed by atoms with Crippen LogP contribution in [0.2, 0.25) is 0 Å². The average Bonchev–Trinajstić information content (AvgIpc) is 3.03. The number of fused-ring (bicyclic) bond motifs is 1. The Kier molecular flexibility index (Phi) is 4.85. The largest absolute Gasteiger partial charge is 0.504 e. The molecule has 0 spiro atoms. The fraction of sp³-hybridized carbons (Fsp3) is 0.125. The summed E-state index contributed by atoms with van der Waals surface area (Å²) in [6.07, 6.45) is 0. The molecule has 0 saturated carbocycles. The molecule has 0 aliphatic rings. The lowest BCUT2D eigenvalue weighted by atomic mass is 10.2. The van der Waals surface area contributed by atoms with E-state index in [1.807, 2.05) is 0 Å². The molecule has 1 aromatic heterocycles. The Morgan fingerprint density at radius 1 is 1.19 bits per heavy atom. The lowest BCUT2D eigenvalue weighted by Crippen LogP contribution is -2.29. The molecule has 26 heavy (non-hydrogen) atoms. The molecule has 4 N–H and O–H groups in total. The van der Waals surface area contributed by atoms with Crippen molar-refractivity contribution < 1.29 is 19.9 Å². The fourth-order valence-electron chi connectivity index (χ4n) is 2.20. The van der Waals surface area contributed by atoms with Gasteiger partial charge in [0, 0.05) is 18.7 Å². The first-order valence-corrected chi connectivity index (χ1v) is 8.30. The predicted octanol–water partition coefficient (Wildman–Crippen LogP) is 2.34. The Morgan fingerprint density at radius 3 is 2.73 bits per heavy atom. The van der Waals surface area contributed by atoms with Gasteiger partial charge in [-0.2, -0.15) is 0 Å². The number of non-ortho nitro benzene ring substituents is 1. The van der Waals surface area contributed by atoms with Gasteiger partial charge in [0.05, 0.1) is 21.7 Å². The van der Waals surface area contributed by atoms with E-state index in [0.29, 0.717) is 20.9 Å². The summed E-state index contributed by atoms with van der Waals surface area (Å²) in [5.74, 6) is -0.765. The first kappa shape index (κ1) is 17.4. The number of hydrogen-bond donors (Lipinski definition) is 4. The number of aromatic nitrogens is 1. The molecule has 3 rings (SSSR count). The molecular weight excluding hydrogens is 360 g/mol. The first-order valence-electron chi connectivity index (χ1n) is 7.49. The zero-order chi connectivity index (χ0) is 18.7. The van der Waals surface area contributed by atoms with E-state index in [0.717, 1.165) is 0 Å². The molecule has 0 aliphatic carbocycles. The summed E-state index contributed by atoms with van der Waals surface area (Å²) in [5.41, 5.74) is 1.24. The maximum Gasteiger partial charge on any atom is 0.270 e. The van der Waals surface area contributed by atoms with Crippen molar-refractivity contribution in [2.24, 2.45) is 0 Å². The van der Waals surface area contributed by atoms with E-state index >= 15 is 0 Å². The van der Waals surface area contributed by atoms with E-state index in [9.17, 15) is 25.1 Å². The van der Waals surface area contributed by atoms with Crippen LogP contribution in [0.1, 0.15) is 5.56 Å². The Morgan fingerprint density at radius 2 is 2.00 bits per heavy atom. The van der Waals surface area contributed by atoms with Crippen LogP contribution >= 0.6 is 11.3 Å². The van der Waals surface area contributed by atoms with Gasteiger partial charge in [-0.15, -0.1) is 0 Å². The number of hydrogen-bond acceptors (Lipinski definition) is 8. The number of amides is 1. The number of nitrogens with zero attached hydrogens (tertiary/aromatic N) is 2. The summed E-state index contributed by atoms with van der Waals surface area (Å²) in [6, 6.07) is 8.68. The second kappa shape index (κ2) is 7.23. The molecule has 0 atom stereocenters. The minimum Gasteiger partial charge on any atom is -0.504 e. The number of nitro benzene ring substituents is 1. The van der Waals surface area contributed by atoms with Crippen molar-refractivity contribution in [1.82, 2.24) is 10.3 Å². The molecule has 3 aromatic rings. The molecule has 0 bridgehead atoms. The van der Waals surface area contributed by atoms with Gasteiger partial charge in [-0.25, -0.2) is 4.98 Å². The van der Waals surface area contributed by atoms with E-state index in [4.69, 9.17) is 0 Å². The van der Waals surface area contributed by atoms with Crippen LogP contribution in [0.5, 0.6) is 11.5 Å². The van der Waals surface area contributed by atoms with Crippen molar-refractivity contribution in [3.63, 3.8) is 0 Å². The quantitative estimate of drug-likeness (QED) is 0.295. The summed E-state index contributed by atoms with van der Waals surface area (Å²) >= 11 is 1.22. The number of phenolic OH excluding ortho intramolecular Hbond substituents is 2. The van der Waals surface area contributed by atoms with Crippen molar-refractivity contribution in [3.8, 4) is 11.5 Å². The van der Waals surface area contributed by atoms with Crippen LogP contribution in [0.4, 0.5) is 10.8 Å². The van der Waals surface area contributed by atoms with E-state index in [1.165, 1.54) is 35.6 Å². The molecule has 0 aliphatic heterocycles. The summed E-state index contributed by atoms with van der Waals surface area (Å²) in [7, 11) is 0. The minimum atomic E-state index is -0.471. The smallest absolute Gasteiger partial charge is 0.270 e. The average molecular weight is 374 g/mol. The minimum absolute atomic E-state index is 0.0115. The normalized spacial score (nSPS) is 10.6. The lowest BCUT2D eigenvalue weighted by Gasteiger charge is -2.07. The van der Waals surface area contributed by atoms with E-state index in [1.54, 1.807) is 12.1 Å². The molecule has 0 saturated heterocycles. The molecule has 0 radical (unpaired) electrons. The number of carbonyl (C=O) groups excluding carboxylic acids is 1. The number of phenols is 2.